The molecule has 1 aromatic heterocycles. The summed E-state index contributed by atoms with van der Waals surface area (Å²) in [6, 6.07) is 17.6. The molecule has 0 spiro atoms. The van der Waals surface area contributed by atoms with Gasteiger partial charge in [-0.15, -0.1) is 0 Å². The molecule has 0 aliphatic carbocycles. The van der Waals surface area contributed by atoms with Crippen molar-refractivity contribution in [2.45, 2.75) is 38.4 Å². The maximum atomic E-state index is 13.4. The summed E-state index contributed by atoms with van der Waals surface area (Å²) in [5, 5.41) is 1.14. The third kappa shape index (κ3) is 2.39. The van der Waals surface area contributed by atoms with E-state index in [0.717, 1.165) is 27.7 Å². The number of H-pyrrole nitrogens is 1. The third-order valence-electron chi connectivity index (χ3n) is 6.14. The van der Waals surface area contributed by atoms with Crippen LogP contribution in [0.2, 0.25) is 0 Å². The molecule has 28 heavy (non-hydrogen) atoms. The lowest BCUT2D eigenvalue weighted by Crippen LogP contribution is -2.66. The standard InChI is InChI=1S/C23H23N3O2/c1-23(2)21-17(16-10-6-7-11-18(16)24-21)12-19-22(28)25(14-20(27)26(19)23)13-15-8-4-3-5-9-15/h3-11,19,24H,12-14H2,1-2H3. The number of aromatic amines is 1. The average Bonchev–Trinajstić information content (AvgIpc) is 3.06. The van der Waals surface area contributed by atoms with Crippen LogP contribution in [0.4, 0.5) is 0 Å². The number of para-hydroxylation sites is 1. The zero-order valence-electron chi connectivity index (χ0n) is 16.1. The van der Waals surface area contributed by atoms with Crippen LogP contribution < -0.4 is 0 Å². The predicted octanol–water partition coefficient (Wildman–Crippen LogP) is 3.20. The number of hydrogen-bond acceptors (Lipinski definition) is 2. The first-order valence-corrected chi connectivity index (χ1v) is 9.72. The molecule has 1 unspecified atom stereocenters. The normalized spacial score (nSPS) is 21.0. The molecule has 5 heteroatoms. The molecule has 3 heterocycles. The molecular weight excluding hydrogens is 350 g/mol. The van der Waals surface area contributed by atoms with Crippen molar-refractivity contribution in [2.75, 3.05) is 6.54 Å². The van der Waals surface area contributed by atoms with E-state index in [1.165, 1.54) is 0 Å². The summed E-state index contributed by atoms with van der Waals surface area (Å²) in [6.45, 7) is 4.66. The van der Waals surface area contributed by atoms with Crippen LogP contribution in [0.15, 0.2) is 54.6 Å². The lowest BCUT2D eigenvalue weighted by atomic mass is 9.82. The number of benzene rings is 2. The van der Waals surface area contributed by atoms with Crippen molar-refractivity contribution in [1.82, 2.24) is 14.8 Å². The molecule has 5 nitrogen and oxygen atoms in total. The minimum absolute atomic E-state index is 0.00911. The maximum Gasteiger partial charge on any atom is 0.246 e. The van der Waals surface area contributed by atoms with Crippen LogP contribution in [0, 0.1) is 0 Å². The van der Waals surface area contributed by atoms with Crippen LogP contribution >= 0.6 is 0 Å². The van der Waals surface area contributed by atoms with Crippen LogP contribution in [0.25, 0.3) is 10.9 Å². The fraction of sp³-hybridized carbons (Fsp3) is 0.304. The van der Waals surface area contributed by atoms with Crippen LogP contribution in [0.1, 0.15) is 30.7 Å². The highest BCUT2D eigenvalue weighted by Gasteiger charge is 2.51. The molecule has 1 fully saturated rings. The number of carbonyl (C=O) groups excluding carboxylic acids is 2. The summed E-state index contributed by atoms with van der Waals surface area (Å²) in [5.41, 5.74) is 3.75. The van der Waals surface area contributed by atoms with Gasteiger partial charge in [-0.25, -0.2) is 0 Å². The van der Waals surface area contributed by atoms with Crippen molar-refractivity contribution in [3.63, 3.8) is 0 Å². The number of carbonyl (C=O) groups is 2. The van der Waals surface area contributed by atoms with Gasteiger partial charge in [-0.1, -0.05) is 48.5 Å². The fourth-order valence-electron chi connectivity index (χ4n) is 4.88. The molecule has 142 valence electrons. The predicted molar refractivity (Wildman–Crippen MR) is 108 cm³/mol. The van der Waals surface area contributed by atoms with E-state index >= 15 is 0 Å². The quantitative estimate of drug-likeness (QED) is 0.750. The van der Waals surface area contributed by atoms with Gasteiger partial charge in [0.25, 0.3) is 0 Å². The first-order chi connectivity index (χ1) is 13.5. The Hall–Kier alpha value is -3.08. The van der Waals surface area contributed by atoms with Crippen molar-refractivity contribution < 1.29 is 9.59 Å². The van der Waals surface area contributed by atoms with E-state index in [4.69, 9.17) is 0 Å². The highest BCUT2D eigenvalue weighted by Crippen LogP contribution is 2.42. The lowest BCUT2D eigenvalue weighted by Gasteiger charge is -2.51. The van der Waals surface area contributed by atoms with Crippen LogP contribution in [-0.2, 0) is 28.1 Å². The highest BCUT2D eigenvalue weighted by atomic mass is 16.2. The molecule has 2 aliphatic rings. The second-order valence-corrected chi connectivity index (χ2v) is 8.25. The minimum Gasteiger partial charge on any atom is -0.356 e. The van der Waals surface area contributed by atoms with Gasteiger partial charge < -0.3 is 14.8 Å². The van der Waals surface area contributed by atoms with Gasteiger partial charge in [-0.3, -0.25) is 9.59 Å². The van der Waals surface area contributed by atoms with Crippen molar-refractivity contribution in [2.24, 2.45) is 0 Å². The number of fused-ring (bicyclic) bond motifs is 4. The van der Waals surface area contributed by atoms with Gasteiger partial charge in [0.2, 0.25) is 11.8 Å². The van der Waals surface area contributed by atoms with Gasteiger partial charge in [-0.05, 0) is 31.0 Å². The summed E-state index contributed by atoms with van der Waals surface area (Å²) in [5.74, 6) is 0.0438. The molecule has 2 amide bonds. The zero-order valence-corrected chi connectivity index (χ0v) is 16.1. The van der Waals surface area contributed by atoms with Crippen molar-refractivity contribution in [3.8, 4) is 0 Å². The fourth-order valence-corrected chi connectivity index (χ4v) is 4.88. The van der Waals surface area contributed by atoms with E-state index in [-0.39, 0.29) is 18.4 Å². The monoisotopic (exact) mass is 373 g/mol. The SMILES string of the molecule is CC1(C)c2[nH]c3ccccc3c2CC2C(=O)N(Cc3ccccc3)CC(=O)N21. The summed E-state index contributed by atoms with van der Waals surface area (Å²) in [4.78, 5) is 33.5. The molecule has 3 aromatic rings. The summed E-state index contributed by atoms with van der Waals surface area (Å²) >= 11 is 0. The first kappa shape index (κ1) is 17.0. The Morgan fingerprint density at radius 3 is 2.54 bits per heavy atom. The molecule has 1 N–H and O–H groups in total. The molecule has 2 aliphatic heterocycles. The molecule has 1 atom stereocenters. The Kier molecular flexibility index (Phi) is 3.63. The second-order valence-electron chi connectivity index (χ2n) is 8.25. The van der Waals surface area contributed by atoms with Crippen LogP contribution in [0.5, 0.6) is 0 Å². The molecule has 0 radical (unpaired) electrons. The zero-order chi connectivity index (χ0) is 19.5. The molecule has 5 rings (SSSR count). The van der Waals surface area contributed by atoms with E-state index in [2.05, 4.69) is 11.1 Å². The van der Waals surface area contributed by atoms with Gasteiger partial charge in [-0.2, -0.15) is 0 Å². The van der Waals surface area contributed by atoms with E-state index in [1.54, 1.807) is 9.80 Å². The Morgan fingerprint density at radius 2 is 1.75 bits per heavy atom. The highest BCUT2D eigenvalue weighted by molar-refractivity contribution is 5.97. The van der Waals surface area contributed by atoms with Gasteiger partial charge in [0.1, 0.15) is 12.6 Å². The average molecular weight is 373 g/mol. The Morgan fingerprint density at radius 1 is 1.04 bits per heavy atom. The van der Waals surface area contributed by atoms with Crippen molar-refractivity contribution in [3.05, 3.63) is 71.4 Å². The summed E-state index contributed by atoms with van der Waals surface area (Å²) < 4.78 is 0. The maximum absolute atomic E-state index is 13.4. The summed E-state index contributed by atoms with van der Waals surface area (Å²) in [6.07, 6.45) is 0.554. The molecular formula is C23H23N3O2. The number of nitrogens with zero attached hydrogens (tertiary/aromatic N) is 2. The van der Waals surface area contributed by atoms with Gasteiger partial charge in [0.15, 0.2) is 0 Å². The van der Waals surface area contributed by atoms with Crippen molar-refractivity contribution >= 4 is 22.7 Å². The van der Waals surface area contributed by atoms with E-state index in [0.29, 0.717) is 13.0 Å². The number of amides is 2. The second kappa shape index (κ2) is 5.96. The van der Waals surface area contributed by atoms with Gasteiger partial charge in [0, 0.05) is 29.6 Å². The third-order valence-corrected chi connectivity index (χ3v) is 6.14. The Bertz CT molecular complexity index is 1080. The topological polar surface area (TPSA) is 56.4 Å². The van der Waals surface area contributed by atoms with Gasteiger partial charge >= 0.3 is 0 Å². The smallest absolute Gasteiger partial charge is 0.246 e. The summed E-state index contributed by atoms with van der Waals surface area (Å²) in [7, 11) is 0. The number of hydrogen-bond donors (Lipinski definition) is 1. The van der Waals surface area contributed by atoms with Crippen LogP contribution in [0.3, 0.4) is 0 Å². The van der Waals surface area contributed by atoms with E-state index in [9.17, 15) is 9.59 Å². The first-order valence-electron chi connectivity index (χ1n) is 9.72. The van der Waals surface area contributed by atoms with E-state index < -0.39 is 11.6 Å². The minimum atomic E-state index is -0.553. The number of nitrogens with one attached hydrogen (secondary N) is 1. The molecule has 0 saturated carbocycles. The number of piperazine rings is 1. The largest absolute Gasteiger partial charge is 0.356 e. The van der Waals surface area contributed by atoms with Crippen molar-refractivity contribution in [1.29, 1.82) is 0 Å². The molecule has 0 bridgehead atoms. The Labute approximate surface area is 163 Å². The van der Waals surface area contributed by atoms with Crippen LogP contribution in [-0.4, -0.2) is 39.2 Å². The Balaban J connectivity index is 1.56. The lowest BCUT2D eigenvalue weighted by molar-refractivity contribution is -0.164. The number of rotatable bonds is 2. The number of aromatic nitrogens is 1. The molecule has 1 saturated heterocycles. The van der Waals surface area contributed by atoms with Gasteiger partial charge in [0.05, 0.1) is 5.54 Å². The van der Waals surface area contributed by atoms with E-state index in [1.807, 2.05) is 62.4 Å². The molecule has 2 aromatic carbocycles.